The van der Waals surface area contributed by atoms with Crippen molar-refractivity contribution in [1.29, 1.82) is 0 Å². The third-order valence-corrected chi connectivity index (χ3v) is 9.30. The Morgan fingerprint density at radius 1 is 0.950 bits per heavy atom. The number of rotatable bonds is 7. The molecule has 0 unspecified atom stereocenters. The molecular weight excluding hydrogens is 548 g/mol. The molecule has 0 saturated carbocycles. The highest BCUT2D eigenvalue weighted by molar-refractivity contribution is 7.92. The Morgan fingerprint density at radius 2 is 1.68 bits per heavy atom. The summed E-state index contributed by atoms with van der Waals surface area (Å²) in [6, 6.07) is 22.2. The van der Waals surface area contributed by atoms with E-state index in [-0.39, 0.29) is 17.3 Å². The van der Waals surface area contributed by atoms with E-state index in [0.29, 0.717) is 46.6 Å². The van der Waals surface area contributed by atoms with Crippen molar-refractivity contribution in [3.63, 3.8) is 0 Å². The lowest BCUT2D eigenvalue weighted by atomic mass is 10.2. The van der Waals surface area contributed by atoms with Gasteiger partial charge in [0.1, 0.15) is 13.2 Å². The highest BCUT2D eigenvalue weighted by atomic mass is 32.2. The summed E-state index contributed by atoms with van der Waals surface area (Å²) in [5.41, 5.74) is 2.39. The molecule has 3 heterocycles. The van der Waals surface area contributed by atoms with Crippen LogP contribution in [0.15, 0.2) is 96.2 Å². The molecule has 2 aromatic heterocycles. The van der Waals surface area contributed by atoms with Gasteiger partial charge < -0.3 is 9.47 Å². The van der Waals surface area contributed by atoms with Crippen molar-refractivity contribution in [1.82, 2.24) is 9.97 Å². The number of hydrogen-bond donors (Lipinski definition) is 0. The lowest BCUT2D eigenvalue weighted by Gasteiger charge is -2.21. The quantitative estimate of drug-likeness (QED) is 0.266. The van der Waals surface area contributed by atoms with Crippen molar-refractivity contribution < 1.29 is 22.7 Å². The molecule has 5 aromatic rings. The van der Waals surface area contributed by atoms with Gasteiger partial charge in [-0.25, -0.2) is 13.4 Å². The molecule has 6 rings (SSSR count). The number of amides is 1. The van der Waals surface area contributed by atoms with E-state index >= 15 is 0 Å². The number of carbonyl (C=O) groups excluding carboxylic acids is 1. The van der Waals surface area contributed by atoms with Gasteiger partial charge in [-0.2, -0.15) is 0 Å². The van der Waals surface area contributed by atoms with Crippen molar-refractivity contribution in [3.8, 4) is 11.5 Å². The molecule has 0 bridgehead atoms. The summed E-state index contributed by atoms with van der Waals surface area (Å²) < 4.78 is 39.9. The second-order valence-corrected chi connectivity index (χ2v) is 12.0. The molecule has 1 aliphatic rings. The SMILES string of the molecule is CN(c1ccccc1)S(=O)(=O)c1ccc(C(=O)N(Cc2cccnc2)c2nc3cc4c(cc3s2)OCCO4)cc1. The number of nitrogens with zero attached hydrogens (tertiary/aromatic N) is 4. The average Bonchev–Trinajstić information content (AvgIpc) is 3.41. The van der Waals surface area contributed by atoms with Crippen molar-refractivity contribution in [2.45, 2.75) is 11.4 Å². The third kappa shape index (κ3) is 4.96. The summed E-state index contributed by atoms with van der Waals surface area (Å²) in [5, 5.41) is 0.492. The van der Waals surface area contributed by atoms with Crippen LogP contribution in [-0.4, -0.2) is 44.6 Å². The fourth-order valence-electron chi connectivity index (χ4n) is 4.33. The molecule has 11 heteroatoms. The second-order valence-electron chi connectivity index (χ2n) is 9.05. The highest BCUT2D eigenvalue weighted by Crippen LogP contribution is 2.39. The van der Waals surface area contributed by atoms with E-state index in [0.717, 1.165) is 10.3 Å². The molecule has 1 amide bonds. The maximum absolute atomic E-state index is 13.9. The number of aromatic nitrogens is 2. The van der Waals surface area contributed by atoms with Gasteiger partial charge in [0.25, 0.3) is 15.9 Å². The van der Waals surface area contributed by atoms with E-state index in [1.165, 1.54) is 47.0 Å². The molecule has 9 nitrogen and oxygen atoms in total. The van der Waals surface area contributed by atoms with Crippen molar-refractivity contribution >= 4 is 48.3 Å². The summed E-state index contributed by atoms with van der Waals surface area (Å²) in [7, 11) is -2.31. The van der Waals surface area contributed by atoms with Crippen LogP contribution in [0.3, 0.4) is 0 Å². The zero-order chi connectivity index (χ0) is 27.7. The third-order valence-electron chi connectivity index (χ3n) is 6.46. The monoisotopic (exact) mass is 572 g/mol. The zero-order valence-electron chi connectivity index (χ0n) is 21.4. The zero-order valence-corrected chi connectivity index (χ0v) is 23.1. The number of para-hydroxylation sites is 1. The fourth-order valence-corrected chi connectivity index (χ4v) is 6.50. The lowest BCUT2D eigenvalue weighted by molar-refractivity contribution is 0.0985. The number of thiazole rings is 1. The normalized spacial score (nSPS) is 12.7. The number of pyridine rings is 1. The smallest absolute Gasteiger partial charge is 0.264 e. The standard InChI is InChI=1S/C29H24N4O5S2/c1-32(22-7-3-2-4-8-22)40(35,36)23-11-9-21(10-12-23)28(34)33(19-20-6-5-13-30-18-20)29-31-24-16-25-26(17-27(24)39-29)38-15-14-37-25/h2-13,16-18H,14-15,19H2,1H3. The van der Waals surface area contributed by atoms with Crippen LogP contribution in [0.25, 0.3) is 10.2 Å². The van der Waals surface area contributed by atoms with Crippen molar-refractivity contribution in [2.75, 3.05) is 29.5 Å². The Kier molecular flexibility index (Phi) is 6.82. The van der Waals surface area contributed by atoms with E-state index in [4.69, 9.17) is 14.5 Å². The number of ether oxygens (including phenoxy) is 2. The van der Waals surface area contributed by atoms with Crippen molar-refractivity contribution in [3.05, 3.63) is 102 Å². The second kappa shape index (κ2) is 10.6. The predicted octanol–water partition coefficient (Wildman–Crippen LogP) is 5.13. The summed E-state index contributed by atoms with van der Waals surface area (Å²) in [5.74, 6) is 0.954. The molecule has 0 N–H and O–H groups in total. The summed E-state index contributed by atoms with van der Waals surface area (Å²) in [6.45, 7) is 1.17. The van der Waals surface area contributed by atoms with Gasteiger partial charge in [-0.3, -0.25) is 19.0 Å². The number of fused-ring (bicyclic) bond motifs is 2. The van der Waals surface area contributed by atoms with Crippen LogP contribution >= 0.6 is 11.3 Å². The molecule has 202 valence electrons. The Labute approximate surface area is 235 Å². The minimum Gasteiger partial charge on any atom is -0.486 e. The number of anilines is 2. The molecule has 1 aliphatic heterocycles. The van der Waals surface area contributed by atoms with E-state index in [1.807, 2.05) is 30.3 Å². The van der Waals surface area contributed by atoms with Gasteiger partial charge in [0.15, 0.2) is 16.6 Å². The Morgan fingerprint density at radius 3 is 2.38 bits per heavy atom. The molecule has 0 spiro atoms. The minimum atomic E-state index is -3.81. The first kappa shape index (κ1) is 25.8. The Hall–Kier alpha value is -4.48. The van der Waals surface area contributed by atoms with Gasteiger partial charge in [-0.1, -0.05) is 35.6 Å². The molecule has 0 radical (unpaired) electrons. The molecule has 0 aliphatic carbocycles. The highest BCUT2D eigenvalue weighted by Gasteiger charge is 2.25. The molecule has 40 heavy (non-hydrogen) atoms. The number of carbonyl (C=O) groups is 1. The van der Waals surface area contributed by atoms with Crippen LogP contribution in [-0.2, 0) is 16.6 Å². The first-order chi connectivity index (χ1) is 19.4. The minimum absolute atomic E-state index is 0.0831. The van der Waals surface area contributed by atoms with Gasteiger partial charge in [0, 0.05) is 37.1 Å². The van der Waals surface area contributed by atoms with Gasteiger partial charge >= 0.3 is 0 Å². The predicted molar refractivity (Wildman–Crippen MR) is 154 cm³/mol. The van der Waals surface area contributed by atoms with E-state index < -0.39 is 10.0 Å². The molecular formula is C29H24N4O5S2. The van der Waals surface area contributed by atoms with E-state index in [1.54, 1.807) is 41.6 Å². The average molecular weight is 573 g/mol. The lowest BCUT2D eigenvalue weighted by Crippen LogP contribution is -2.30. The molecule has 0 saturated heterocycles. The fraction of sp³-hybridized carbons (Fsp3) is 0.138. The maximum atomic E-state index is 13.9. The van der Waals surface area contributed by atoms with Crippen LogP contribution in [0.1, 0.15) is 15.9 Å². The van der Waals surface area contributed by atoms with Gasteiger partial charge in [-0.05, 0) is 48.0 Å². The molecule has 0 atom stereocenters. The van der Waals surface area contributed by atoms with Crippen LogP contribution in [0.4, 0.5) is 10.8 Å². The number of sulfonamides is 1. The van der Waals surface area contributed by atoms with Crippen LogP contribution in [0, 0.1) is 0 Å². The largest absolute Gasteiger partial charge is 0.486 e. The van der Waals surface area contributed by atoms with E-state index in [2.05, 4.69) is 4.98 Å². The van der Waals surface area contributed by atoms with Crippen LogP contribution < -0.4 is 18.7 Å². The molecule has 3 aromatic carbocycles. The number of benzene rings is 3. The summed E-state index contributed by atoms with van der Waals surface area (Å²) in [6.07, 6.45) is 3.37. The van der Waals surface area contributed by atoms with Gasteiger partial charge in [0.2, 0.25) is 0 Å². The van der Waals surface area contributed by atoms with Crippen molar-refractivity contribution in [2.24, 2.45) is 0 Å². The summed E-state index contributed by atoms with van der Waals surface area (Å²) >= 11 is 1.36. The Balaban J connectivity index is 1.33. The van der Waals surface area contributed by atoms with Gasteiger partial charge in [0.05, 0.1) is 27.3 Å². The topological polar surface area (TPSA) is 102 Å². The first-order valence-corrected chi connectivity index (χ1v) is 14.7. The number of hydrogen-bond acceptors (Lipinski definition) is 8. The molecule has 0 fully saturated rings. The van der Waals surface area contributed by atoms with E-state index in [9.17, 15) is 13.2 Å². The Bertz CT molecular complexity index is 1730. The van der Waals surface area contributed by atoms with Gasteiger partial charge in [-0.15, -0.1) is 0 Å². The maximum Gasteiger partial charge on any atom is 0.264 e. The van der Waals surface area contributed by atoms with Crippen LogP contribution in [0.2, 0.25) is 0 Å². The van der Waals surface area contributed by atoms with Crippen LogP contribution in [0.5, 0.6) is 11.5 Å². The summed E-state index contributed by atoms with van der Waals surface area (Å²) in [4.78, 5) is 24.4. The first-order valence-electron chi connectivity index (χ1n) is 12.5.